The lowest BCUT2D eigenvalue weighted by atomic mass is 9.97. The zero-order chi connectivity index (χ0) is 22.9. The normalized spacial score (nSPS) is 16.8. The highest BCUT2D eigenvalue weighted by atomic mass is 16.6. The molecule has 0 unspecified atom stereocenters. The summed E-state index contributed by atoms with van der Waals surface area (Å²) in [5, 5.41) is 3.43. The molecule has 0 saturated carbocycles. The van der Waals surface area contributed by atoms with E-state index in [9.17, 15) is 14.4 Å². The Morgan fingerprint density at radius 3 is 2.06 bits per heavy atom. The molecule has 168 valence electrons. The van der Waals surface area contributed by atoms with E-state index in [4.69, 9.17) is 4.74 Å². The zero-order valence-electron chi connectivity index (χ0n) is 18.8. The Labute approximate surface area is 188 Å². The van der Waals surface area contributed by atoms with Gasteiger partial charge in [-0.2, -0.15) is 0 Å². The third kappa shape index (κ3) is 4.61. The van der Waals surface area contributed by atoms with E-state index in [1.54, 1.807) is 41.3 Å². The van der Waals surface area contributed by atoms with Crippen LogP contribution < -0.4 is 10.2 Å². The number of carbonyl (C=O) groups is 3. The van der Waals surface area contributed by atoms with Crippen molar-refractivity contribution in [2.45, 2.75) is 39.2 Å². The summed E-state index contributed by atoms with van der Waals surface area (Å²) in [5.41, 5.74) is 1.90. The van der Waals surface area contributed by atoms with Gasteiger partial charge in [-0.05, 0) is 75.9 Å². The summed E-state index contributed by atoms with van der Waals surface area (Å²) in [6, 6.07) is 14.2. The quantitative estimate of drug-likeness (QED) is 0.713. The molecular weight excluding hydrogens is 406 g/mol. The highest BCUT2D eigenvalue weighted by Gasteiger charge is 2.36. The maximum absolute atomic E-state index is 12.6. The second kappa shape index (κ2) is 8.65. The monoisotopic (exact) mass is 435 g/mol. The van der Waals surface area contributed by atoms with Gasteiger partial charge in [0, 0.05) is 25.3 Å². The van der Waals surface area contributed by atoms with Gasteiger partial charge in [0.2, 0.25) is 0 Å². The molecule has 1 N–H and O–H groups in total. The summed E-state index contributed by atoms with van der Waals surface area (Å²) in [7, 11) is 0. The molecule has 7 nitrogen and oxygen atoms in total. The zero-order valence-corrected chi connectivity index (χ0v) is 18.8. The number of benzene rings is 2. The van der Waals surface area contributed by atoms with Crippen LogP contribution in [0.2, 0.25) is 0 Å². The van der Waals surface area contributed by atoms with Gasteiger partial charge < -0.3 is 15.0 Å². The van der Waals surface area contributed by atoms with Gasteiger partial charge >= 0.3 is 6.09 Å². The van der Waals surface area contributed by atoms with Crippen molar-refractivity contribution in [1.82, 2.24) is 4.90 Å². The number of ether oxygens (including phenoxy) is 1. The lowest BCUT2D eigenvalue weighted by molar-refractivity contribution is 0.0188. The molecular formula is C25H29N3O4. The fourth-order valence-corrected chi connectivity index (χ4v) is 4.06. The number of hydrogen-bond acceptors (Lipinski definition) is 5. The number of amides is 3. The van der Waals surface area contributed by atoms with Gasteiger partial charge in [0.25, 0.3) is 11.8 Å². The van der Waals surface area contributed by atoms with Crippen molar-refractivity contribution in [3.05, 3.63) is 59.7 Å². The molecule has 1 saturated heterocycles. The predicted molar refractivity (Wildman–Crippen MR) is 123 cm³/mol. The molecule has 2 aliphatic rings. The van der Waals surface area contributed by atoms with Gasteiger partial charge in [0.05, 0.1) is 16.8 Å². The summed E-state index contributed by atoms with van der Waals surface area (Å²) in [6.45, 7) is 7.82. The van der Waals surface area contributed by atoms with Crippen LogP contribution in [0.3, 0.4) is 0 Å². The number of fused-ring (bicyclic) bond motifs is 1. The molecule has 32 heavy (non-hydrogen) atoms. The minimum atomic E-state index is -0.477. The predicted octanol–water partition coefficient (Wildman–Crippen LogP) is 4.55. The molecule has 3 amide bonds. The number of hydrogen-bond donors (Lipinski definition) is 1. The first-order valence-electron chi connectivity index (χ1n) is 11.0. The molecule has 7 heteroatoms. The second-order valence-corrected chi connectivity index (χ2v) is 9.33. The Balaban J connectivity index is 1.29. The van der Waals surface area contributed by atoms with Crippen LogP contribution in [-0.2, 0) is 4.74 Å². The van der Waals surface area contributed by atoms with Gasteiger partial charge in [-0.1, -0.05) is 12.1 Å². The summed E-state index contributed by atoms with van der Waals surface area (Å²) in [5.74, 6) is -0.115. The first-order valence-corrected chi connectivity index (χ1v) is 11.0. The van der Waals surface area contributed by atoms with Crippen LogP contribution >= 0.6 is 0 Å². The number of anilines is 2. The molecule has 0 bridgehead atoms. The van der Waals surface area contributed by atoms with Gasteiger partial charge in [0.1, 0.15) is 5.60 Å². The van der Waals surface area contributed by atoms with Crippen molar-refractivity contribution in [3.63, 3.8) is 0 Å². The third-order valence-corrected chi connectivity index (χ3v) is 5.78. The number of nitrogens with one attached hydrogen (secondary N) is 1. The maximum Gasteiger partial charge on any atom is 0.410 e. The van der Waals surface area contributed by atoms with Gasteiger partial charge in [-0.25, -0.2) is 9.69 Å². The minimum Gasteiger partial charge on any atom is -0.444 e. The van der Waals surface area contributed by atoms with Gasteiger partial charge in [-0.15, -0.1) is 0 Å². The van der Waals surface area contributed by atoms with E-state index < -0.39 is 5.60 Å². The summed E-state index contributed by atoms with van der Waals surface area (Å²) < 4.78 is 5.45. The SMILES string of the molecule is CC(C)(C)OC(=O)N1CCC(CNc2ccc(N3C(=O)c4ccccc4C3=O)cc2)CC1. The molecule has 0 radical (unpaired) electrons. The highest BCUT2D eigenvalue weighted by molar-refractivity contribution is 6.34. The molecule has 0 aliphatic carbocycles. The van der Waals surface area contributed by atoms with E-state index in [0.717, 1.165) is 25.1 Å². The number of imide groups is 1. The minimum absolute atomic E-state index is 0.243. The lowest BCUT2D eigenvalue weighted by Crippen LogP contribution is -2.42. The lowest BCUT2D eigenvalue weighted by Gasteiger charge is -2.33. The molecule has 2 heterocycles. The van der Waals surface area contributed by atoms with Crippen LogP contribution in [0.5, 0.6) is 0 Å². The number of nitrogens with zero attached hydrogens (tertiary/aromatic N) is 2. The second-order valence-electron chi connectivity index (χ2n) is 9.33. The number of piperidine rings is 1. The smallest absolute Gasteiger partial charge is 0.410 e. The van der Waals surface area contributed by atoms with Gasteiger partial charge in [-0.3, -0.25) is 9.59 Å². The Morgan fingerprint density at radius 1 is 0.969 bits per heavy atom. The molecule has 1 fully saturated rings. The summed E-state index contributed by atoms with van der Waals surface area (Å²) >= 11 is 0. The molecule has 0 aromatic heterocycles. The Morgan fingerprint density at radius 2 is 1.53 bits per heavy atom. The maximum atomic E-state index is 12.6. The van der Waals surface area contributed by atoms with E-state index in [-0.39, 0.29) is 17.9 Å². The summed E-state index contributed by atoms with van der Waals surface area (Å²) in [4.78, 5) is 40.5. The van der Waals surface area contributed by atoms with Crippen LogP contribution in [0.1, 0.15) is 54.3 Å². The first kappa shape index (κ1) is 21.9. The van der Waals surface area contributed by atoms with E-state index >= 15 is 0 Å². The molecule has 2 aliphatic heterocycles. The summed E-state index contributed by atoms with van der Waals surface area (Å²) in [6.07, 6.45) is 1.59. The Kier molecular flexibility index (Phi) is 5.91. The Hall–Kier alpha value is -3.35. The molecule has 0 spiro atoms. The van der Waals surface area contributed by atoms with Crippen molar-refractivity contribution in [2.24, 2.45) is 5.92 Å². The number of likely N-dealkylation sites (tertiary alicyclic amines) is 1. The van der Waals surface area contributed by atoms with Crippen molar-refractivity contribution < 1.29 is 19.1 Å². The van der Waals surface area contributed by atoms with Crippen LogP contribution in [0.4, 0.5) is 16.2 Å². The average molecular weight is 436 g/mol. The van der Waals surface area contributed by atoms with Crippen LogP contribution in [0, 0.1) is 5.92 Å². The van der Waals surface area contributed by atoms with E-state index in [1.165, 1.54) is 4.90 Å². The molecule has 4 rings (SSSR count). The van der Waals surface area contributed by atoms with E-state index in [1.807, 2.05) is 32.9 Å². The van der Waals surface area contributed by atoms with Crippen molar-refractivity contribution >= 4 is 29.3 Å². The molecule has 2 aromatic rings. The van der Waals surface area contributed by atoms with E-state index in [2.05, 4.69) is 5.32 Å². The Bertz CT molecular complexity index is 983. The first-order chi connectivity index (χ1) is 15.2. The third-order valence-electron chi connectivity index (χ3n) is 5.78. The standard InChI is InChI=1S/C25H29N3O4/c1-25(2,3)32-24(31)27-14-12-17(13-15-27)16-26-18-8-10-19(11-9-18)28-22(29)20-6-4-5-7-21(20)23(28)30/h4-11,17,26H,12-16H2,1-3H3. The average Bonchev–Trinajstić information content (AvgIpc) is 3.02. The van der Waals surface area contributed by atoms with E-state index in [0.29, 0.717) is 35.8 Å². The van der Waals surface area contributed by atoms with Gasteiger partial charge in [0.15, 0.2) is 0 Å². The highest BCUT2D eigenvalue weighted by Crippen LogP contribution is 2.29. The van der Waals surface area contributed by atoms with Crippen LogP contribution in [0.25, 0.3) is 0 Å². The molecule has 0 atom stereocenters. The van der Waals surface area contributed by atoms with Crippen LogP contribution in [-0.4, -0.2) is 48.0 Å². The molecule has 2 aromatic carbocycles. The number of carbonyl (C=O) groups excluding carboxylic acids is 3. The van der Waals surface area contributed by atoms with Crippen LogP contribution in [0.15, 0.2) is 48.5 Å². The van der Waals surface area contributed by atoms with Crippen molar-refractivity contribution in [1.29, 1.82) is 0 Å². The fourth-order valence-electron chi connectivity index (χ4n) is 4.06. The largest absolute Gasteiger partial charge is 0.444 e. The topological polar surface area (TPSA) is 79.0 Å². The fraction of sp³-hybridized carbons (Fsp3) is 0.400. The van der Waals surface area contributed by atoms with Crippen molar-refractivity contribution in [2.75, 3.05) is 29.9 Å². The van der Waals surface area contributed by atoms with Crippen molar-refractivity contribution in [3.8, 4) is 0 Å². The number of rotatable bonds is 4.